The molecule has 0 saturated heterocycles. The lowest BCUT2D eigenvalue weighted by Gasteiger charge is -2.28. The molecule has 0 saturated carbocycles. The van der Waals surface area contributed by atoms with Crippen LogP contribution >= 0.6 is 0 Å². The molecule has 0 fully saturated rings. The highest BCUT2D eigenvalue weighted by Crippen LogP contribution is 2.34. The predicted octanol–water partition coefficient (Wildman–Crippen LogP) is 4.04. The number of hydrazone groups is 1. The first kappa shape index (κ1) is 18.0. The SMILES string of the molecule is COc1ccc(C2=NN(C(=O)c3cccc(C)c3)C(C)(C)C2)cc1OC. The second-order valence-corrected chi connectivity index (χ2v) is 7.09. The maximum atomic E-state index is 13.0. The summed E-state index contributed by atoms with van der Waals surface area (Å²) in [4.78, 5) is 13.0. The summed E-state index contributed by atoms with van der Waals surface area (Å²) in [5.74, 6) is 1.23. The molecule has 5 heteroatoms. The van der Waals surface area contributed by atoms with Crippen LogP contribution in [0.25, 0.3) is 0 Å². The number of methoxy groups -OCH3 is 2. The second kappa shape index (κ2) is 6.83. The molecule has 2 aromatic carbocycles. The molecule has 0 atom stereocenters. The molecule has 1 aliphatic rings. The van der Waals surface area contributed by atoms with Gasteiger partial charge in [0.15, 0.2) is 11.5 Å². The van der Waals surface area contributed by atoms with E-state index in [1.807, 2.05) is 63.2 Å². The van der Waals surface area contributed by atoms with Crippen LogP contribution in [0.15, 0.2) is 47.6 Å². The molecular formula is C21H24N2O3. The van der Waals surface area contributed by atoms with E-state index in [1.54, 1.807) is 19.2 Å². The molecule has 0 spiro atoms. The third-order valence-corrected chi connectivity index (χ3v) is 4.57. The lowest BCUT2D eigenvalue weighted by atomic mass is 9.94. The van der Waals surface area contributed by atoms with Crippen molar-refractivity contribution < 1.29 is 14.3 Å². The van der Waals surface area contributed by atoms with Crippen LogP contribution in [0.5, 0.6) is 11.5 Å². The number of amides is 1. The number of hydrogen-bond acceptors (Lipinski definition) is 4. The number of aryl methyl sites for hydroxylation is 1. The molecule has 26 heavy (non-hydrogen) atoms. The average Bonchev–Trinajstić information content (AvgIpc) is 2.95. The molecule has 2 aromatic rings. The first-order valence-electron chi connectivity index (χ1n) is 8.57. The summed E-state index contributed by atoms with van der Waals surface area (Å²) < 4.78 is 10.7. The quantitative estimate of drug-likeness (QED) is 0.834. The van der Waals surface area contributed by atoms with Gasteiger partial charge in [0.05, 0.1) is 25.5 Å². The average molecular weight is 352 g/mol. The van der Waals surface area contributed by atoms with Crippen LogP contribution in [0, 0.1) is 6.92 Å². The van der Waals surface area contributed by atoms with Gasteiger partial charge in [-0.1, -0.05) is 17.7 Å². The summed E-state index contributed by atoms with van der Waals surface area (Å²) in [5.41, 5.74) is 3.09. The number of hydrogen-bond donors (Lipinski definition) is 0. The van der Waals surface area contributed by atoms with Gasteiger partial charge in [0.2, 0.25) is 0 Å². The normalized spacial score (nSPS) is 15.6. The Kier molecular flexibility index (Phi) is 4.72. The molecule has 0 radical (unpaired) electrons. The Morgan fingerprint density at radius 1 is 1.08 bits per heavy atom. The molecule has 1 aliphatic heterocycles. The molecule has 3 rings (SSSR count). The number of ether oxygens (including phenoxy) is 2. The van der Waals surface area contributed by atoms with Gasteiger partial charge in [-0.15, -0.1) is 0 Å². The lowest BCUT2D eigenvalue weighted by molar-refractivity contribution is 0.0612. The van der Waals surface area contributed by atoms with Crippen molar-refractivity contribution in [2.24, 2.45) is 5.10 Å². The maximum absolute atomic E-state index is 13.0. The van der Waals surface area contributed by atoms with Crippen molar-refractivity contribution in [3.05, 3.63) is 59.2 Å². The molecule has 5 nitrogen and oxygen atoms in total. The number of benzene rings is 2. The highest BCUT2D eigenvalue weighted by atomic mass is 16.5. The zero-order valence-electron chi connectivity index (χ0n) is 15.9. The van der Waals surface area contributed by atoms with Crippen molar-refractivity contribution in [2.45, 2.75) is 32.7 Å². The van der Waals surface area contributed by atoms with E-state index in [4.69, 9.17) is 9.47 Å². The van der Waals surface area contributed by atoms with E-state index < -0.39 is 5.54 Å². The Bertz CT molecular complexity index is 871. The van der Waals surface area contributed by atoms with Gasteiger partial charge < -0.3 is 9.47 Å². The standard InChI is InChI=1S/C21H24N2O3/c1-14-7-6-8-16(11-14)20(24)23-21(2,3)13-17(22-23)15-9-10-18(25-4)19(12-15)26-5/h6-12H,13H2,1-5H3. The zero-order valence-corrected chi connectivity index (χ0v) is 15.9. The van der Waals surface area contributed by atoms with Gasteiger partial charge in [0.25, 0.3) is 5.91 Å². The monoisotopic (exact) mass is 352 g/mol. The Balaban J connectivity index is 1.96. The summed E-state index contributed by atoms with van der Waals surface area (Å²) in [7, 11) is 3.21. The summed E-state index contributed by atoms with van der Waals surface area (Å²) in [5, 5.41) is 6.24. The molecular weight excluding hydrogens is 328 g/mol. The number of carbonyl (C=O) groups is 1. The smallest absolute Gasteiger partial charge is 0.274 e. The fourth-order valence-electron chi connectivity index (χ4n) is 3.17. The Morgan fingerprint density at radius 2 is 1.81 bits per heavy atom. The highest BCUT2D eigenvalue weighted by Gasteiger charge is 2.39. The molecule has 1 heterocycles. The first-order valence-corrected chi connectivity index (χ1v) is 8.57. The summed E-state index contributed by atoms with van der Waals surface area (Å²) in [6.45, 7) is 6.03. The van der Waals surface area contributed by atoms with Gasteiger partial charge in [0.1, 0.15) is 0 Å². The summed E-state index contributed by atoms with van der Waals surface area (Å²) >= 11 is 0. The fourth-order valence-corrected chi connectivity index (χ4v) is 3.17. The van der Waals surface area contributed by atoms with E-state index in [9.17, 15) is 4.79 Å². The minimum Gasteiger partial charge on any atom is -0.493 e. The van der Waals surface area contributed by atoms with Crippen molar-refractivity contribution in [2.75, 3.05) is 14.2 Å². The van der Waals surface area contributed by atoms with Crippen LogP contribution in [0.4, 0.5) is 0 Å². The Hall–Kier alpha value is -2.82. The molecule has 136 valence electrons. The van der Waals surface area contributed by atoms with Gasteiger partial charge in [-0.05, 0) is 51.1 Å². The van der Waals surface area contributed by atoms with Crippen LogP contribution in [-0.4, -0.2) is 36.4 Å². The van der Waals surface area contributed by atoms with Crippen LogP contribution < -0.4 is 9.47 Å². The van der Waals surface area contributed by atoms with Gasteiger partial charge in [-0.25, -0.2) is 5.01 Å². The molecule has 0 bridgehead atoms. The van der Waals surface area contributed by atoms with E-state index in [0.29, 0.717) is 23.5 Å². The molecule has 0 N–H and O–H groups in total. The van der Waals surface area contributed by atoms with E-state index in [0.717, 1.165) is 16.8 Å². The molecule has 0 aliphatic carbocycles. The van der Waals surface area contributed by atoms with E-state index in [1.165, 1.54) is 0 Å². The van der Waals surface area contributed by atoms with Gasteiger partial charge in [-0.3, -0.25) is 4.79 Å². The Morgan fingerprint density at radius 3 is 2.46 bits per heavy atom. The number of carbonyl (C=O) groups excluding carboxylic acids is 1. The first-order chi connectivity index (χ1) is 12.4. The van der Waals surface area contributed by atoms with Crippen molar-refractivity contribution in [3.63, 3.8) is 0 Å². The zero-order chi connectivity index (χ0) is 18.9. The van der Waals surface area contributed by atoms with Gasteiger partial charge in [-0.2, -0.15) is 5.10 Å². The minimum absolute atomic E-state index is 0.0887. The van der Waals surface area contributed by atoms with Gasteiger partial charge >= 0.3 is 0 Å². The van der Waals surface area contributed by atoms with Crippen LogP contribution in [0.3, 0.4) is 0 Å². The number of nitrogens with zero attached hydrogens (tertiary/aromatic N) is 2. The molecule has 1 amide bonds. The largest absolute Gasteiger partial charge is 0.493 e. The van der Waals surface area contributed by atoms with Crippen LogP contribution in [0.1, 0.15) is 41.8 Å². The van der Waals surface area contributed by atoms with Crippen LogP contribution in [-0.2, 0) is 0 Å². The van der Waals surface area contributed by atoms with Crippen molar-refractivity contribution >= 4 is 11.6 Å². The molecule has 0 unspecified atom stereocenters. The van der Waals surface area contributed by atoms with E-state index in [2.05, 4.69) is 5.10 Å². The van der Waals surface area contributed by atoms with Gasteiger partial charge in [0, 0.05) is 17.5 Å². The van der Waals surface area contributed by atoms with Crippen molar-refractivity contribution in [1.29, 1.82) is 0 Å². The van der Waals surface area contributed by atoms with Crippen LogP contribution in [0.2, 0.25) is 0 Å². The minimum atomic E-state index is -0.399. The van der Waals surface area contributed by atoms with Crippen molar-refractivity contribution in [1.82, 2.24) is 5.01 Å². The Labute approximate surface area is 154 Å². The topological polar surface area (TPSA) is 51.1 Å². The van der Waals surface area contributed by atoms with E-state index in [-0.39, 0.29) is 5.91 Å². The summed E-state index contributed by atoms with van der Waals surface area (Å²) in [6.07, 6.45) is 0.667. The summed E-state index contributed by atoms with van der Waals surface area (Å²) in [6, 6.07) is 13.3. The second-order valence-electron chi connectivity index (χ2n) is 7.09. The fraction of sp³-hybridized carbons (Fsp3) is 0.333. The maximum Gasteiger partial charge on any atom is 0.274 e. The third-order valence-electron chi connectivity index (χ3n) is 4.57. The highest BCUT2D eigenvalue weighted by molar-refractivity contribution is 6.05. The third kappa shape index (κ3) is 3.29. The van der Waals surface area contributed by atoms with Crippen molar-refractivity contribution in [3.8, 4) is 11.5 Å². The predicted molar refractivity (Wildman–Crippen MR) is 102 cm³/mol. The van der Waals surface area contributed by atoms with E-state index >= 15 is 0 Å². The lowest BCUT2D eigenvalue weighted by Crippen LogP contribution is -2.40. The molecule has 0 aromatic heterocycles. The number of rotatable bonds is 4.